The zero-order valence-corrected chi connectivity index (χ0v) is 9.63. The van der Waals surface area contributed by atoms with E-state index in [9.17, 15) is 4.79 Å². The molecule has 2 heterocycles. The van der Waals surface area contributed by atoms with Crippen molar-refractivity contribution < 1.29 is 9.90 Å². The maximum atomic E-state index is 10.6. The van der Waals surface area contributed by atoms with Crippen LogP contribution in [0, 0.1) is 6.92 Å². The molecular formula is C8H8N6O2S. The minimum absolute atomic E-state index is 0.278. The zero-order chi connectivity index (χ0) is 12.3. The van der Waals surface area contributed by atoms with Gasteiger partial charge in [-0.1, -0.05) is 0 Å². The lowest BCUT2D eigenvalue weighted by Gasteiger charge is -2.00. The van der Waals surface area contributed by atoms with Gasteiger partial charge in [-0.15, -0.1) is 5.10 Å². The highest BCUT2D eigenvalue weighted by molar-refractivity contribution is 7.99. The van der Waals surface area contributed by atoms with Gasteiger partial charge in [-0.25, -0.2) is 14.6 Å². The van der Waals surface area contributed by atoms with E-state index in [0.717, 1.165) is 0 Å². The fourth-order valence-electron chi connectivity index (χ4n) is 1.08. The van der Waals surface area contributed by atoms with Gasteiger partial charge in [0, 0.05) is 6.20 Å². The fraction of sp³-hybridized carbons (Fsp3) is 0.250. The van der Waals surface area contributed by atoms with Crippen LogP contribution in [0.3, 0.4) is 0 Å². The van der Waals surface area contributed by atoms with Crippen LogP contribution in [0.25, 0.3) is 0 Å². The molecule has 0 saturated heterocycles. The van der Waals surface area contributed by atoms with Gasteiger partial charge in [0.2, 0.25) is 5.16 Å². The van der Waals surface area contributed by atoms with Crippen molar-refractivity contribution in [2.24, 2.45) is 0 Å². The Morgan fingerprint density at radius 1 is 1.59 bits per heavy atom. The lowest BCUT2D eigenvalue weighted by atomic mass is 10.6. The van der Waals surface area contributed by atoms with E-state index in [-0.39, 0.29) is 6.54 Å². The van der Waals surface area contributed by atoms with Crippen molar-refractivity contribution in [1.82, 2.24) is 30.2 Å². The van der Waals surface area contributed by atoms with Crippen LogP contribution in [0.5, 0.6) is 0 Å². The number of tetrazole rings is 1. The molecule has 8 nitrogen and oxygen atoms in total. The summed E-state index contributed by atoms with van der Waals surface area (Å²) >= 11 is 1.19. The fourth-order valence-corrected chi connectivity index (χ4v) is 1.86. The predicted molar refractivity (Wildman–Crippen MR) is 56.3 cm³/mol. The van der Waals surface area contributed by atoms with Crippen LogP contribution in [0.4, 0.5) is 0 Å². The molecule has 0 aliphatic heterocycles. The van der Waals surface area contributed by atoms with Crippen molar-refractivity contribution in [1.29, 1.82) is 0 Å². The molecule has 17 heavy (non-hydrogen) atoms. The molecule has 0 aliphatic rings. The second-order valence-electron chi connectivity index (χ2n) is 3.06. The van der Waals surface area contributed by atoms with Gasteiger partial charge in [0.25, 0.3) is 0 Å². The van der Waals surface area contributed by atoms with Gasteiger partial charge < -0.3 is 5.11 Å². The van der Waals surface area contributed by atoms with Crippen molar-refractivity contribution in [2.75, 3.05) is 0 Å². The maximum absolute atomic E-state index is 10.6. The molecule has 0 fully saturated rings. The Balaban J connectivity index is 2.18. The molecule has 0 amide bonds. The second kappa shape index (κ2) is 4.87. The first kappa shape index (κ1) is 11.5. The molecule has 0 aromatic carbocycles. The van der Waals surface area contributed by atoms with E-state index in [1.807, 2.05) is 0 Å². The summed E-state index contributed by atoms with van der Waals surface area (Å²) in [6.45, 7) is 1.49. The average Bonchev–Trinajstić information content (AvgIpc) is 2.65. The van der Waals surface area contributed by atoms with Gasteiger partial charge in [-0.3, -0.25) is 4.79 Å². The molecule has 0 saturated carbocycles. The minimum Gasteiger partial charge on any atom is -0.480 e. The van der Waals surface area contributed by atoms with E-state index in [1.54, 1.807) is 19.2 Å². The smallest absolute Gasteiger partial charge is 0.325 e. The molecule has 0 atom stereocenters. The van der Waals surface area contributed by atoms with Crippen LogP contribution in [0.2, 0.25) is 0 Å². The number of aryl methyl sites for hydroxylation is 1. The first-order valence-corrected chi connectivity index (χ1v) is 5.42. The van der Waals surface area contributed by atoms with Gasteiger partial charge in [0.1, 0.15) is 17.4 Å². The first-order chi connectivity index (χ1) is 8.15. The lowest BCUT2D eigenvalue weighted by molar-refractivity contribution is -0.138. The number of carbonyl (C=O) groups is 1. The third-order valence-electron chi connectivity index (χ3n) is 1.73. The van der Waals surface area contributed by atoms with Gasteiger partial charge in [0.15, 0.2) is 0 Å². The molecule has 9 heteroatoms. The summed E-state index contributed by atoms with van der Waals surface area (Å²) < 4.78 is 1.20. The Morgan fingerprint density at radius 3 is 3.12 bits per heavy atom. The normalized spacial score (nSPS) is 10.4. The minimum atomic E-state index is -1.00. The summed E-state index contributed by atoms with van der Waals surface area (Å²) in [5, 5.41) is 20.5. The molecule has 1 N–H and O–H groups in total. The molecule has 0 aliphatic carbocycles. The van der Waals surface area contributed by atoms with E-state index in [0.29, 0.717) is 16.0 Å². The quantitative estimate of drug-likeness (QED) is 0.758. The summed E-state index contributed by atoms with van der Waals surface area (Å²) in [6, 6.07) is 1.71. The van der Waals surface area contributed by atoms with Gasteiger partial charge in [0.05, 0.1) is 0 Å². The van der Waals surface area contributed by atoms with Crippen LogP contribution >= 0.6 is 11.8 Å². The Hall–Kier alpha value is -2.03. The Labute approximate surface area is 100 Å². The number of nitrogens with zero attached hydrogens (tertiary/aromatic N) is 6. The van der Waals surface area contributed by atoms with Crippen LogP contribution in [-0.4, -0.2) is 41.3 Å². The Bertz CT molecular complexity index is 542. The van der Waals surface area contributed by atoms with Crippen LogP contribution in [0.1, 0.15) is 5.82 Å². The van der Waals surface area contributed by atoms with E-state index < -0.39 is 5.97 Å². The van der Waals surface area contributed by atoms with E-state index in [4.69, 9.17) is 5.11 Å². The number of carboxylic acid groups (broad SMARTS) is 1. The molecule has 0 radical (unpaired) electrons. The molecule has 2 rings (SSSR count). The van der Waals surface area contributed by atoms with Crippen LogP contribution in [0.15, 0.2) is 22.4 Å². The number of aromatic nitrogens is 6. The molecule has 0 bridgehead atoms. The molecule has 0 unspecified atom stereocenters. The summed E-state index contributed by atoms with van der Waals surface area (Å²) in [6.07, 6.45) is 1.62. The zero-order valence-electron chi connectivity index (χ0n) is 8.81. The van der Waals surface area contributed by atoms with E-state index in [2.05, 4.69) is 25.5 Å². The van der Waals surface area contributed by atoms with Crippen molar-refractivity contribution in [3.05, 3.63) is 18.1 Å². The molecule has 2 aromatic heterocycles. The predicted octanol–water partition coefficient (Wildman–Crippen LogP) is 0.00732. The Kier molecular flexibility index (Phi) is 3.28. The standard InChI is InChI=1S/C8H8N6O2S/c1-5-9-3-2-6(10-5)17-8-11-12-13-14(8)4-7(15)16/h2-3H,4H2,1H3,(H,15,16). The molecule has 0 spiro atoms. The lowest BCUT2D eigenvalue weighted by Crippen LogP contribution is -2.11. The number of hydrogen-bond acceptors (Lipinski definition) is 7. The number of hydrogen-bond donors (Lipinski definition) is 1. The van der Waals surface area contributed by atoms with Gasteiger partial charge in [-0.2, -0.15) is 0 Å². The van der Waals surface area contributed by atoms with E-state index in [1.165, 1.54) is 16.4 Å². The SMILES string of the molecule is Cc1nccc(Sc2nnnn2CC(=O)O)n1. The maximum Gasteiger partial charge on any atom is 0.325 e. The number of rotatable bonds is 4. The van der Waals surface area contributed by atoms with Crippen molar-refractivity contribution in [3.63, 3.8) is 0 Å². The van der Waals surface area contributed by atoms with Crippen molar-refractivity contribution >= 4 is 17.7 Å². The van der Waals surface area contributed by atoms with E-state index >= 15 is 0 Å². The Morgan fingerprint density at radius 2 is 2.41 bits per heavy atom. The van der Waals surface area contributed by atoms with Crippen LogP contribution in [-0.2, 0) is 11.3 Å². The summed E-state index contributed by atoms with van der Waals surface area (Å²) in [4.78, 5) is 18.7. The van der Waals surface area contributed by atoms with Crippen molar-refractivity contribution in [3.8, 4) is 0 Å². The van der Waals surface area contributed by atoms with Gasteiger partial charge >= 0.3 is 5.97 Å². The molecular weight excluding hydrogens is 244 g/mol. The molecule has 88 valence electrons. The summed E-state index contributed by atoms with van der Waals surface area (Å²) in [5.41, 5.74) is 0. The highest BCUT2D eigenvalue weighted by Crippen LogP contribution is 2.22. The molecule has 2 aromatic rings. The monoisotopic (exact) mass is 252 g/mol. The second-order valence-corrected chi connectivity index (χ2v) is 4.04. The summed E-state index contributed by atoms with van der Waals surface area (Å²) in [7, 11) is 0. The van der Waals surface area contributed by atoms with Crippen molar-refractivity contribution in [2.45, 2.75) is 23.7 Å². The van der Waals surface area contributed by atoms with Gasteiger partial charge in [-0.05, 0) is 35.2 Å². The largest absolute Gasteiger partial charge is 0.480 e. The highest BCUT2D eigenvalue weighted by atomic mass is 32.2. The summed E-state index contributed by atoms with van der Waals surface area (Å²) in [5.74, 6) is -0.370. The topological polar surface area (TPSA) is 107 Å². The highest BCUT2D eigenvalue weighted by Gasteiger charge is 2.11. The third kappa shape index (κ3) is 2.97. The first-order valence-electron chi connectivity index (χ1n) is 4.60. The number of aliphatic carboxylic acids is 1. The average molecular weight is 252 g/mol. The number of carboxylic acids is 1. The van der Waals surface area contributed by atoms with Crippen LogP contribution < -0.4 is 0 Å². The third-order valence-corrected chi connectivity index (χ3v) is 2.64.